The first kappa shape index (κ1) is 20.5. The number of ether oxygens (including phenoxy) is 1. The molecule has 11 heteroatoms. The largest absolute Gasteiger partial charge is 0.465 e. The Kier molecular flexibility index (Phi) is 5.94. The Hall–Kier alpha value is -3.73. The van der Waals surface area contributed by atoms with Gasteiger partial charge in [-0.25, -0.2) is 9.48 Å². The van der Waals surface area contributed by atoms with Crippen LogP contribution in [-0.4, -0.2) is 54.5 Å². The van der Waals surface area contributed by atoms with Crippen molar-refractivity contribution in [3.8, 4) is 0 Å². The summed E-state index contributed by atoms with van der Waals surface area (Å²) in [5.41, 5.74) is 2.74. The van der Waals surface area contributed by atoms with E-state index in [1.54, 1.807) is 28.9 Å². The molecule has 2 heterocycles. The number of carbonyl (C=O) groups is 2. The fourth-order valence-electron chi connectivity index (χ4n) is 2.91. The van der Waals surface area contributed by atoms with Crippen molar-refractivity contribution in [1.29, 1.82) is 0 Å². The third-order valence-corrected chi connectivity index (χ3v) is 5.58. The third-order valence-electron chi connectivity index (χ3n) is 4.56. The molecule has 0 unspecified atom stereocenters. The quantitative estimate of drug-likeness (QED) is 0.345. The number of nitrogens with one attached hydrogen (secondary N) is 1. The first-order valence-corrected chi connectivity index (χ1v) is 10.3. The Bertz CT molecular complexity index is 1230. The van der Waals surface area contributed by atoms with Crippen molar-refractivity contribution in [2.24, 2.45) is 7.05 Å². The summed E-state index contributed by atoms with van der Waals surface area (Å²) in [6.45, 7) is 0.420. The maximum Gasteiger partial charge on any atom is 0.337 e. The molecule has 1 N–H and O–H groups in total. The number of amides is 1. The lowest BCUT2D eigenvalue weighted by Crippen LogP contribution is -2.15. The molecular weight excluding hydrogens is 418 g/mol. The fourth-order valence-corrected chi connectivity index (χ4v) is 3.64. The van der Waals surface area contributed by atoms with E-state index >= 15 is 0 Å². The molecule has 0 aliphatic heterocycles. The van der Waals surface area contributed by atoms with Crippen LogP contribution in [0.2, 0.25) is 0 Å². The Balaban J connectivity index is 1.35. The van der Waals surface area contributed by atoms with E-state index in [2.05, 4.69) is 30.6 Å². The SMILES string of the molecule is COC(=O)c1ccc(NC(=O)CSc2nnc(Cn3nnc4ccccc43)n2C)cc1. The molecule has 2 aromatic carbocycles. The summed E-state index contributed by atoms with van der Waals surface area (Å²) in [4.78, 5) is 23.7. The number of methoxy groups -OCH3 is 1. The zero-order chi connectivity index (χ0) is 21.8. The van der Waals surface area contributed by atoms with Crippen LogP contribution in [0.5, 0.6) is 0 Å². The van der Waals surface area contributed by atoms with Crippen LogP contribution in [0.25, 0.3) is 11.0 Å². The fraction of sp³-hybridized carbons (Fsp3) is 0.200. The van der Waals surface area contributed by atoms with Crippen molar-refractivity contribution in [3.63, 3.8) is 0 Å². The third kappa shape index (κ3) is 4.56. The molecular formula is C20H19N7O3S. The number of hydrogen-bond donors (Lipinski definition) is 1. The van der Waals surface area contributed by atoms with E-state index in [0.29, 0.717) is 28.8 Å². The van der Waals surface area contributed by atoms with Crippen molar-refractivity contribution in [1.82, 2.24) is 29.8 Å². The molecule has 2 aromatic heterocycles. The number of nitrogens with zero attached hydrogens (tertiary/aromatic N) is 6. The molecule has 0 aliphatic carbocycles. The van der Waals surface area contributed by atoms with Gasteiger partial charge in [0.15, 0.2) is 11.0 Å². The molecule has 0 spiro atoms. The standard InChI is InChI=1S/C20H19N7O3S/c1-26-17(11-27-16-6-4-3-5-15(16)22-25-27)23-24-20(26)31-12-18(28)21-14-9-7-13(8-10-14)19(29)30-2/h3-10H,11-12H2,1-2H3,(H,21,28). The number of hydrogen-bond acceptors (Lipinski definition) is 8. The molecule has 31 heavy (non-hydrogen) atoms. The second-order valence-electron chi connectivity index (χ2n) is 6.60. The molecule has 10 nitrogen and oxygen atoms in total. The molecule has 0 saturated heterocycles. The summed E-state index contributed by atoms with van der Waals surface area (Å²) in [5, 5.41) is 20.1. The van der Waals surface area contributed by atoms with Crippen LogP contribution in [0.15, 0.2) is 53.7 Å². The second-order valence-corrected chi connectivity index (χ2v) is 7.54. The molecule has 0 fully saturated rings. The highest BCUT2D eigenvalue weighted by molar-refractivity contribution is 7.99. The summed E-state index contributed by atoms with van der Waals surface area (Å²) < 4.78 is 8.25. The van der Waals surface area contributed by atoms with Crippen LogP contribution >= 0.6 is 11.8 Å². The number of fused-ring (bicyclic) bond motifs is 1. The van der Waals surface area contributed by atoms with Crippen LogP contribution < -0.4 is 5.32 Å². The van der Waals surface area contributed by atoms with E-state index in [4.69, 9.17) is 0 Å². The minimum absolute atomic E-state index is 0.164. The highest BCUT2D eigenvalue weighted by Crippen LogP contribution is 2.18. The number of para-hydroxylation sites is 1. The summed E-state index contributed by atoms with van der Waals surface area (Å²) in [5.74, 6) is 0.252. The summed E-state index contributed by atoms with van der Waals surface area (Å²) in [6, 6.07) is 14.2. The predicted octanol–water partition coefficient (Wildman–Crippen LogP) is 2.13. The normalized spacial score (nSPS) is 10.9. The van der Waals surface area contributed by atoms with Gasteiger partial charge in [0.05, 0.1) is 23.9 Å². The predicted molar refractivity (Wildman–Crippen MR) is 115 cm³/mol. The first-order valence-electron chi connectivity index (χ1n) is 9.32. The van der Waals surface area contributed by atoms with Crippen LogP contribution in [0.3, 0.4) is 0 Å². The number of esters is 1. The van der Waals surface area contributed by atoms with Gasteiger partial charge < -0.3 is 14.6 Å². The Morgan fingerprint density at radius 3 is 2.61 bits per heavy atom. The molecule has 1 amide bonds. The lowest BCUT2D eigenvalue weighted by Gasteiger charge is -2.06. The van der Waals surface area contributed by atoms with Gasteiger partial charge in [-0.2, -0.15) is 0 Å². The highest BCUT2D eigenvalue weighted by Gasteiger charge is 2.14. The van der Waals surface area contributed by atoms with Crippen LogP contribution in [0.1, 0.15) is 16.2 Å². The van der Waals surface area contributed by atoms with E-state index in [1.165, 1.54) is 18.9 Å². The maximum atomic E-state index is 12.3. The summed E-state index contributed by atoms with van der Waals surface area (Å²) >= 11 is 1.28. The lowest BCUT2D eigenvalue weighted by molar-refractivity contribution is -0.113. The van der Waals surface area contributed by atoms with Gasteiger partial charge in [-0.05, 0) is 36.4 Å². The van der Waals surface area contributed by atoms with Gasteiger partial charge in [0.25, 0.3) is 0 Å². The molecule has 0 aliphatic rings. The first-order chi connectivity index (χ1) is 15.0. The van der Waals surface area contributed by atoms with Gasteiger partial charge in [-0.3, -0.25) is 4.79 Å². The molecule has 158 valence electrons. The number of thioether (sulfide) groups is 1. The smallest absolute Gasteiger partial charge is 0.337 e. The number of aromatic nitrogens is 6. The van der Waals surface area contributed by atoms with E-state index in [0.717, 1.165) is 11.0 Å². The van der Waals surface area contributed by atoms with Crippen molar-refractivity contribution in [2.75, 3.05) is 18.2 Å². The van der Waals surface area contributed by atoms with Gasteiger partial charge >= 0.3 is 5.97 Å². The molecule has 0 saturated carbocycles. The maximum absolute atomic E-state index is 12.3. The monoisotopic (exact) mass is 437 g/mol. The molecule has 0 bridgehead atoms. The van der Waals surface area contributed by atoms with Gasteiger partial charge in [0.1, 0.15) is 12.1 Å². The van der Waals surface area contributed by atoms with E-state index in [-0.39, 0.29) is 11.7 Å². The average Bonchev–Trinajstić information content (AvgIpc) is 3.36. The van der Waals surface area contributed by atoms with Crippen molar-refractivity contribution >= 4 is 40.4 Å². The zero-order valence-electron chi connectivity index (χ0n) is 16.8. The topological polar surface area (TPSA) is 117 Å². The lowest BCUT2D eigenvalue weighted by atomic mass is 10.2. The number of anilines is 1. The van der Waals surface area contributed by atoms with Crippen molar-refractivity contribution in [3.05, 3.63) is 59.9 Å². The zero-order valence-corrected chi connectivity index (χ0v) is 17.7. The summed E-state index contributed by atoms with van der Waals surface area (Å²) in [6.07, 6.45) is 0. The highest BCUT2D eigenvalue weighted by atomic mass is 32.2. The van der Waals surface area contributed by atoms with E-state index in [9.17, 15) is 9.59 Å². The van der Waals surface area contributed by atoms with Crippen LogP contribution in [0.4, 0.5) is 5.69 Å². The van der Waals surface area contributed by atoms with Gasteiger partial charge in [0.2, 0.25) is 5.91 Å². The van der Waals surface area contributed by atoms with Gasteiger partial charge in [-0.1, -0.05) is 29.1 Å². The second kappa shape index (κ2) is 8.96. The van der Waals surface area contributed by atoms with Crippen LogP contribution in [-0.2, 0) is 23.1 Å². The average molecular weight is 437 g/mol. The number of rotatable bonds is 7. The van der Waals surface area contributed by atoms with Gasteiger partial charge in [0, 0.05) is 12.7 Å². The van der Waals surface area contributed by atoms with Crippen molar-refractivity contribution < 1.29 is 14.3 Å². The van der Waals surface area contributed by atoms with Crippen molar-refractivity contribution in [2.45, 2.75) is 11.7 Å². The number of carbonyl (C=O) groups excluding carboxylic acids is 2. The van der Waals surface area contributed by atoms with Crippen LogP contribution in [0, 0.1) is 0 Å². The van der Waals surface area contributed by atoms with E-state index < -0.39 is 5.97 Å². The number of benzene rings is 2. The minimum atomic E-state index is -0.426. The van der Waals surface area contributed by atoms with Gasteiger partial charge in [-0.15, -0.1) is 15.3 Å². The minimum Gasteiger partial charge on any atom is -0.465 e. The molecule has 4 rings (SSSR count). The Labute approximate surface area is 181 Å². The summed E-state index contributed by atoms with van der Waals surface area (Å²) in [7, 11) is 3.17. The van der Waals surface area contributed by atoms with E-state index in [1.807, 2.05) is 35.9 Å². The molecule has 0 radical (unpaired) electrons. The Morgan fingerprint density at radius 2 is 1.84 bits per heavy atom. The molecule has 4 aromatic rings. The Morgan fingerprint density at radius 1 is 1.06 bits per heavy atom. The molecule has 0 atom stereocenters.